The predicted octanol–water partition coefficient (Wildman–Crippen LogP) is 0.924. The summed E-state index contributed by atoms with van der Waals surface area (Å²) in [6.45, 7) is -0.144. The number of ether oxygens (including phenoxy) is 1. The maximum atomic E-state index is 12.2. The molecule has 118 valence electrons. The number of halogens is 1. The van der Waals surface area contributed by atoms with Crippen molar-refractivity contribution in [3.63, 3.8) is 0 Å². The van der Waals surface area contributed by atoms with Crippen molar-refractivity contribution in [1.29, 1.82) is 0 Å². The zero-order valence-corrected chi connectivity index (χ0v) is 12.7. The summed E-state index contributed by atoms with van der Waals surface area (Å²) in [5.74, 6) is 0. The zero-order chi connectivity index (χ0) is 16.0. The summed E-state index contributed by atoms with van der Waals surface area (Å²) in [5, 5.41) is 19.2. The number of hydrogen-bond acceptors (Lipinski definition) is 6. The number of aliphatic hydroxyl groups excluding tert-OH is 1. The van der Waals surface area contributed by atoms with Crippen molar-refractivity contribution in [2.24, 2.45) is 0 Å². The van der Waals surface area contributed by atoms with Crippen LogP contribution in [0.2, 0.25) is 5.02 Å². The average Bonchev–Trinajstić information content (AvgIpc) is 2.38. The average molecular weight is 339 g/mol. The van der Waals surface area contributed by atoms with Crippen molar-refractivity contribution in [3.8, 4) is 0 Å². The van der Waals surface area contributed by atoms with Crippen LogP contribution in [-0.2, 0) is 14.8 Å². The lowest BCUT2D eigenvalue weighted by Crippen LogP contribution is -2.38. The van der Waals surface area contributed by atoms with E-state index >= 15 is 0 Å². The third kappa shape index (κ3) is 4.90. The lowest BCUT2D eigenvalue weighted by Gasteiger charge is -2.17. The molecule has 0 radical (unpaired) electrons. The van der Waals surface area contributed by atoms with Crippen LogP contribution in [0.3, 0.4) is 0 Å². The van der Waals surface area contributed by atoms with E-state index in [9.17, 15) is 18.5 Å². The van der Waals surface area contributed by atoms with Crippen molar-refractivity contribution in [3.05, 3.63) is 33.3 Å². The van der Waals surface area contributed by atoms with Gasteiger partial charge in [-0.3, -0.25) is 10.1 Å². The van der Waals surface area contributed by atoms with E-state index in [1.807, 2.05) is 0 Å². The summed E-state index contributed by atoms with van der Waals surface area (Å²) in [5.41, 5.74) is -0.303. The van der Waals surface area contributed by atoms with Gasteiger partial charge in [-0.2, -0.15) is 0 Å². The minimum Gasteiger partial charge on any atom is -0.396 e. The summed E-state index contributed by atoms with van der Waals surface area (Å²) in [6.07, 6.45) is 0.164. The van der Waals surface area contributed by atoms with Crippen LogP contribution in [-0.4, -0.2) is 44.8 Å². The first kappa shape index (κ1) is 17.8. The van der Waals surface area contributed by atoms with Gasteiger partial charge in [0.15, 0.2) is 0 Å². The summed E-state index contributed by atoms with van der Waals surface area (Å²) in [6, 6.07) is 2.45. The first-order chi connectivity index (χ1) is 9.81. The number of nitro benzene ring substituents is 1. The molecule has 0 heterocycles. The third-order valence-electron chi connectivity index (χ3n) is 2.58. The molecule has 1 aromatic rings. The molecule has 0 fully saturated rings. The van der Waals surface area contributed by atoms with Crippen molar-refractivity contribution in [1.82, 2.24) is 4.72 Å². The highest BCUT2D eigenvalue weighted by Gasteiger charge is 2.23. The Balaban J connectivity index is 3.04. The van der Waals surface area contributed by atoms with Crippen LogP contribution >= 0.6 is 11.6 Å². The van der Waals surface area contributed by atoms with Gasteiger partial charge < -0.3 is 9.84 Å². The number of aliphatic hydroxyl groups is 1. The molecule has 0 aliphatic heterocycles. The minimum absolute atomic E-state index is 0.0738. The van der Waals surface area contributed by atoms with Crippen LogP contribution in [0, 0.1) is 10.1 Å². The van der Waals surface area contributed by atoms with Gasteiger partial charge in [-0.1, -0.05) is 11.6 Å². The van der Waals surface area contributed by atoms with Crippen LogP contribution in [0.4, 0.5) is 5.69 Å². The lowest BCUT2D eigenvalue weighted by molar-refractivity contribution is -0.384. The van der Waals surface area contributed by atoms with Gasteiger partial charge in [0.2, 0.25) is 10.0 Å². The molecule has 0 aliphatic carbocycles. The fraction of sp³-hybridized carbons (Fsp3) is 0.455. The highest BCUT2D eigenvalue weighted by Crippen LogP contribution is 2.26. The molecule has 10 heteroatoms. The number of non-ortho nitro benzene ring substituents is 1. The maximum Gasteiger partial charge on any atom is 0.271 e. The molecule has 1 aromatic carbocycles. The summed E-state index contributed by atoms with van der Waals surface area (Å²) < 4.78 is 31.6. The minimum atomic E-state index is -3.97. The second-order valence-corrected chi connectivity index (χ2v) is 6.25. The zero-order valence-electron chi connectivity index (χ0n) is 11.2. The Bertz CT molecular complexity index is 601. The summed E-state index contributed by atoms with van der Waals surface area (Å²) in [4.78, 5) is 9.66. The maximum absolute atomic E-state index is 12.2. The fourth-order valence-electron chi connectivity index (χ4n) is 1.64. The molecule has 0 spiro atoms. The van der Waals surface area contributed by atoms with Gasteiger partial charge in [-0.15, -0.1) is 0 Å². The van der Waals surface area contributed by atoms with E-state index in [2.05, 4.69) is 4.72 Å². The molecule has 1 unspecified atom stereocenters. The quantitative estimate of drug-likeness (QED) is 0.537. The number of benzene rings is 1. The van der Waals surface area contributed by atoms with E-state index in [-0.39, 0.29) is 35.2 Å². The van der Waals surface area contributed by atoms with Gasteiger partial charge in [0.25, 0.3) is 5.69 Å². The topological polar surface area (TPSA) is 119 Å². The van der Waals surface area contributed by atoms with Crippen molar-refractivity contribution >= 4 is 27.3 Å². The fourth-order valence-corrected chi connectivity index (χ4v) is 3.43. The van der Waals surface area contributed by atoms with Crippen LogP contribution in [0.25, 0.3) is 0 Å². The Kier molecular flexibility index (Phi) is 6.49. The number of rotatable bonds is 8. The second-order valence-electron chi connectivity index (χ2n) is 4.16. The van der Waals surface area contributed by atoms with Crippen molar-refractivity contribution in [2.75, 3.05) is 20.3 Å². The summed E-state index contributed by atoms with van der Waals surface area (Å²) in [7, 11) is -2.57. The van der Waals surface area contributed by atoms with Crippen molar-refractivity contribution in [2.45, 2.75) is 17.4 Å². The molecule has 0 bridgehead atoms. The van der Waals surface area contributed by atoms with E-state index < -0.39 is 21.0 Å². The van der Waals surface area contributed by atoms with E-state index in [1.165, 1.54) is 7.11 Å². The van der Waals surface area contributed by atoms with E-state index in [1.54, 1.807) is 0 Å². The van der Waals surface area contributed by atoms with Gasteiger partial charge in [0, 0.05) is 31.9 Å². The van der Waals surface area contributed by atoms with Crippen LogP contribution in [0.15, 0.2) is 23.1 Å². The normalized spacial score (nSPS) is 13.1. The van der Waals surface area contributed by atoms with Crippen molar-refractivity contribution < 1.29 is 23.2 Å². The van der Waals surface area contributed by atoms with Crippen LogP contribution in [0.1, 0.15) is 6.42 Å². The standard InChI is InChI=1S/C11H15ClN2O6S/c1-20-7-8(4-5-15)13-21(18,19)11-3-2-9(14(16)17)6-10(11)12/h2-3,6,8,13,15H,4-5,7H2,1H3. The third-order valence-corrected chi connectivity index (χ3v) is 4.59. The van der Waals surface area contributed by atoms with Gasteiger partial charge in [0.1, 0.15) is 4.90 Å². The first-order valence-corrected chi connectivity index (χ1v) is 7.74. The molecule has 1 atom stereocenters. The van der Waals surface area contributed by atoms with Gasteiger partial charge in [-0.05, 0) is 12.5 Å². The molecular formula is C11H15ClN2O6S. The number of nitrogens with zero attached hydrogens (tertiary/aromatic N) is 1. The van der Waals surface area contributed by atoms with Crippen LogP contribution in [0.5, 0.6) is 0 Å². The smallest absolute Gasteiger partial charge is 0.271 e. The number of nitrogens with one attached hydrogen (secondary N) is 1. The number of nitro groups is 1. The number of hydrogen-bond donors (Lipinski definition) is 2. The van der Waals surface area contributed by atoms with E-state index in [0.29, 0.717) is 0 Å². The molecule has 0 amide bonds. The van der Waals surface area contributed by atoms with E-state index in [0.717, 1.165) is 18.2 Å². The number of methoxy groups -OCH3 is 1. The van der Waals surface area contributed by atoms with Gasteiger partial charge >= 0.3 is 0 Å². The Morgan fingerprint density at radius 2 is 2.19 bits per heavy atom. The summed E-state index contributed by atoms with van der Waals surface area (Å²) >= 11 is 5.79. The van der Waals surface area contributed by atoms with Gasteiger partial charge in [0.05, 0.1) is 16.6 Å². The molecule has 8 nitrogen and oxygen atoms in total. The Morgan fingerprint density at radius 1 is 1.52 bits per heavy atom. The largest absolute Gasteiger partial charge is 0.396 e. The Morgan fingerprint density at radius 3 is 2.67 bits per heavy atom. The SMILES string of the molecule is COCC(CCO)NS(=O)(=O)c1ccc([N+](=O)[O-])cc1Cl. The monoisotopic (exact) mass is 338 g/mol. The molecule has 0 aromatic heterocycles. The number of sulfonamides is 1. The molecule has 0 aliphatic rings. The lowest BCUT2D eigenvalue weighted by atomic mass is 10.2. The molecule has 2 N–H and O–H groups in total. The Hall–Kier alpha value is -1.26. The first-order valence-electron chi connectivity index (χ1n) is 5.88. The predicted molar refractivity (Wildman–Crippen MR) is 75.8 cm³/mol. The molecule has 21 heavy (non-hydrogen) atoms. The Labute approximate surface area is 126 Å². The molecule has 1 rings (SSSR count). The molecular weight excluding hydrogens is 324 g/mol. The van der Waals surface area contributed by atoms with E-state index in [4.69, 9.17) is 21.4 Å². The van der Waals surface area contributed by atoms with Crippen LogP contribution < -0.4 is 4.72 Å². The highest BCUT2D eigenvalue weighted by atomic mass is 35.5. The molecule has 0 saturated heterocycles. The molecule has 0 saturated carbocycles. The van der Waals surface area contributed by atoms with Gasteiger partial charge in [-0.25, -0.2) is 13.1 Å². The second kappa shape index (κ2) is 7.66. The highest BCUT2D eigenvalue weighted by molar-refractivity contribution is 7.89.